The van der Waals surface area contributed by atoms with Crippen molar-refractivity contribution in [3.63, 3.8) is 0 Å². The van der Waals surface area contributed by atoms with Crippen molar-refractivity contribution in [3.05, 3.63) is 40.1 Å². The number of nitrogens with zero attached hydrogens (tertiary/aromatic N) is 2. The van der Waals surface area contributed by atoms with E-state index in [-0.39, 0.29) is 6.10 Å². The lowest BCUT2D eigenvalue weighted by Crippen LogP contribution is -2.34. The Hall–Kier alpha value is -1.17. The summed E-state index contributed by atoms with van der Waals surface area (Å²) in [5.41, 5.74) is 2.61. The van der Waals surface area contributed by atoms with E-state index in [1.54, 1.807) is 0 Å². The molecule has 5 heteroatoms. The van der Waals surface area contributed by atoms with Crippen molar-refractivity contribution in [2.75, 3.05) is 19.7 Å². The molecule has 1 unspecified atom stereocenters. The minimum absolute atomic E-state index is 0.126. The molecule has 0 spiro atoms. The number of hydrogen-bond acceptors (Lipinski definition) is 4. The maximum atomic E-state index is 5.82. The average Bonchev–Trinajstić information content (AvgIpc) is 3.09. The van der Waals surface area contributed by atoms with Crippen LogP contribution in [0.15, 0.2) is 24.0 Å². The molecule has 0 aromatic carbocycles. The Labute approximate surface area is 117 Å². The van der Waals surface area contributed by atoms with Crippen LogP contribution in [0.5, 0.6) is 0 Å². The van der Waals surface area contributed by atoms with E-state index in [1.807, 2.05) is 23.9 Å². The zero-order valence-corrected chi connectivity index (χ0v) is 11.9. The van der Waals surface area contributed by atoms with Gasteiger partial charge < -0.3 is 14.6 Å². The van der Waals surface area contributed by atoms with E-state index in [1.165, 1.54) is 16.1 Å². The lowest BCUT2D eigenvalue weighted by Gasteiger charge is -2.24. The van der Waals surface area contributed by atoms with Crippen LogP contribution in [0.4, 0.5) is 0 Å². The summed E-state index contributed by atoms with van der Waals surface area (Å²) >= 11 is 1.82. The van der Waals surface area contributed by atoms with Gasteiger partial charge in [0.05, 0.1) is 31.4 Å². The van der Waals surface area contributed by atoms with Crippen LogP contribution in [-0.4, -0.2) is 29.2 Å². The molecule has 1 aliphatic rings. The van der Waals surface area contributed by atoms with Gasteiger partial charge in [0.1, 0.15) is 6.10 Å². The molecular formula is C14H19N3OS. The topological polar surface area (TPSA) is 39.1 Å². The van der Waals surface area contributed by atoms with Crippen LogP contribution < -0.4 is 5.32 Å². The molecule has 1 N–H and O–H groups in total. The van der Waals surface area contributed by atoms with Crippen LogP contribution in [0.1, 0.15) is 29.2 Å². The molecule has 0 amide bonds. The number of morpholine rings is 1. The Bertz CT molecular complexity index is 528. The highest BCUT2D eigenvalue weighted by Gasteiger charge is 2.19. The maximum absolute atomic E-state index is 5.82. The molecule has 2 aromatic rings. The number of aryl methyl sites for hydroxylation is 1. The molecule has 3 rings (SSSR count). The molecule has 0 radical (unpaired) electrons. The molecule has 0 saturated carbocycles. The van der Waals surface area contributed by atoms with Crippen molar-refractivity contribution in [3.8, 4) is 0 Å². The first-order valence-electron chi connectivity index (χ1n) is 6.76. The highest BCUT2D eigenvalue weighted by atomic mass is 32.1. The van der Waals surface area contributed by atoms with Gasteiger partial charge in [-0.15, -0.1) is 11.3 Å². The molecule has 1 aliphatic heterocycles. The molecule has 1 atom stereocenters. The van der Waals surface area contributed by atoms with E-state index < -0.39 is 0 Å². The molecule has 0 bridgehead atoms. The van der Waals surface area contributed by atoms with Crippen molar-refractivity contribution in [2.45, 2.75) is 26.0 Å². The Morgan fingerprint density at radius 3 is 3.32 bits per heavy atom. The largest absolute Gasteiger partial charge is 0.369 e. The van der Waals surface area contributed by atoms with Gasteiger partial charge in [0, 0.05) is 18.0 Å². The smallest absolute Gasteiger partial charge is 0.111 e. The highest BCUT2D eigenvalue weighted by molar-refractivity contribution is 7.10. The van der Waals surface area contributed by atoms with Gasteiger partial charge in [-0.05, 0) is 23.4 Å². The fraction of sp³-hybridized carbons (Fsp3) is 0.500. The predicted molar refractivity (Wildman–Crippen MR) is 76.6 cm³/mol. The molecule has 0 aliphatic carbocycles. The van der Waals surface area contributed by atoms with Gasteiger partial charge in [-0.2, -0.15) is 0 Å². The highest BCUT2D eigenvalue weighted by Crippen LogP contribution is 2.23. The van der Waals surface area contributed by atoms with E-state index >= 15 is 0 Å². The minimum atomic E-state index is 0.126. The minimum Gasteiger partial charge on any atom is -0.369 e. The van der Waals surface area contributed by atoms with Gasteiger partial charge in [-0.1, -0.05) is 6.92 Å². The number of aromatic nitrogens is 2. The zero-order chi connectivity index (χ0) is 13.1. The molecule has 4 nitrogen and oxygen atoms in total. The Morgan fingerprint density at radius 1 is 1.58 bits per heavy atom. The van der Waals surface area contributed by atoms with Crippen molar-refractivity contribution >= 4 is 11.3 Å². The van der Waals surface area contributed by atoms with Crippen LogP contribution in [0, 0.1) is 0 Å². The number of thiophene rings is 1. The Morgan fingerprint density at radius 2 is 2.53 bits per heavy atom. The second-order valence-corrected chi connectivity index (χ2v) is 5.73. The molecule has 3 heterocycles. The van der Waals surface area contributed by atoms with Crippen molar-refractivity contribution in [2.24, 2.45) is 0 Å². The van der Waals surface area contributed by atoms with Crippen molar-refractivity contribution < 1.29 is 4.74 Å². The third-order valence-electron chi connectivity index (χ3n) is 3.53. The lowest BCUT2D eigenvalue weighted by atomic mass is 10.2. The summed E-state index contributed by atoms with van der Waals surface area (Å²) in [6.07, 6.45) is 5.05. The summed E-state index contributed by atoms with van der Waals surface area (Å²) in [4.78, 5) is 5.71. The van der Waals surface area contributed by atoms with Crippen LogP contribution >= 0.6 is 11.3 Å². The van der Waals surface area contributed by atoms with Gasteiger partial charge in [0.15, 0.2) is 0 Å². The number of imidazole rings is 1. The van der Waals surface area contributed by atoms with Crippen molar-refractivity contribution in [1.29, 1.82) is 0 Å². The molecule has 19 heavy (non-hydrogen) atoms. The van der Waals surface area contributed by atoms with Gasteiger partial charge in [0.25, 0.3) is 0 Å². The normalized spacial score (nSPS) is 19.7. The van der Waals surface area contributed by atoms with E-state index in [2.05, 4.69) is 33.2 Å². The monoisotopic (exact) mass is 277 g/mol. The predicted octanol–water partition coefficient (Wildman–Crippen LogP) is 2.22. The first-order valence-corrected chi connectivity index (χ1v) is 7.64. The van der Waals surface area contributed by atoms with Crippen LogP contribution in [-0.2, 0) is 17.7 Å². The van der Waals surface area contributed by atoms with Crippen LogP contribution in [0.2, 0.25) is 0 Å². The van der Waals surface area contributed by atoms with Gasteiger partial charge in [0.2, 0.25) is 0 Å². The average molecular weight is 277 g/mol. The summed E-state index contributed by atoms with van der Waals surface area (Å²) < 4.78 is 8.03. The molecule has 1 saturated heterocycles. The molecular weight excluding hydrogens is 258 g/mol. The fourth-order valence-corrected chi connectivity index (χ4v) is 3.44. The zero-order valence-electron chi connectivity index (χ0n) is 11.1. The van der Waals surface area contributed by atoms with E-state index in [9.17, 15) is 0 Å². The summed E-state index contributed by atoms with van der Waals surface area (Å²) in [6.45, 7) is 5.69. The third kappa shape index (κ3) is 2.73. The number of rotatable bonds is 4. The second kappa shape index (κ2) is 5.86. The van der Waals surface area contributed by atoms with Gasteiger partial charge in [-0.3, -0.25) is 0 Å². The summed E-state index contributed by atoms with van der Waals surface area (Å²) in [6, 6.07) is 2.22. The Balaban J connectivity index is 1.80. The standard InChI is InChI=1S/C14H19N3OS/c1-2-11-3-6-19-14(11)9-17-10-16-7-12(17)13-8-15-4-5-18-13/h3,6-7,10,13,15H,2,4-5,8-9H2,1H3. The van der Waals surface area contributed by atoms with E-state index in [4.69, 9.17) is 4.74 Å². The first-order chi connectivity index (χ1) is 9.38. The maximum Gasteiger partial charge on any atom is 0.111 e. The lowest BCUT2D eigenvalue weighted by molar-refractivity contribution is 0.0230. The number of ether oxygens (including phenoxy) is 1. The third-order valence-corrected chi connectivity index (χ3v) is 4.48. The van der Waals surface area contributed by atoms with Gasteiger partial charge in [-0.25, -0.2) is 4.98 Å². The quantitative estimate of drug-likeness (QED) is 0.931. The Kier molecular flexibility index (Phi) is 3.96. The SMILES string of the molecule is CCc1ccsc1Cn1cncc1C1CNCCO1. The molecule has 2 aromatic heterocycles. The van der Waals surface area contributed by atoms with E-state index in [0.29, 0.717) is 0 Å². The molecule has 1 fully saturated rings. The van der Waals surface area contributed by atoms with Crippen molar-refractivity contribution in [1.82, 2.24) is 14.9 Å². The second-order valence-electron chi connectivity index (χ2n) is 4.73. The first kappa shape index (κ1) is 12.8. The van der Waals surface area contributed by atoms with Gasteiger partial charge >= 0.3 is 0 Å². The van der Waals surface area contributed by atoms with Crippen LogP contribution in [0.25, 0.3) is 0 Å². The molecule has 102 valence electrons. The summed E-state index contributed by atoms with van der Waals surface area (Å²) in [5, 5.41) is 5.54. The summed E-state index contributed by atoms with van der Waals surface area (Å²) in [5.74, 6) is 0. The number of nitrogens with one attached hydrogen (secondary N) is 1. The fourth-order valence-electron chi connectivity index (χ4n) is 2.46. The van der Waals surface area contributed by atoms with Crippen LogP contribution in [0.3, 0.4) is 0 Å². The number of hydrogen-bond donors (Lipinski definition) is 1. The summed E-state index contributed by atoms with van der Waals surface area (Å²) in [7, 11) is 0. The van der Waals surface area contributed by atoms with E-state index in [0.717, 1.165) is 32.7 Å².